The smallest absolute Gasteiger partial charge is 0.158 e. The summed E-state index contributed by atoms with van der Waals surface area (Å²) in [6.45, 7) is 3.77. The van der Waals surface area contributed by atoms with E-state index < -0.39 is 0 Å². The third-order valence-corrected chi connectivity index (χ3v) is 2.41. The average molecular weight is 231 g/mol. The van der Waals surface area contributed by atoms with Crippen LogP contribution in [0, 0.1) is 0 Å². The fourth-order valence-corrected chi connectivity index (χ4v) is 1.27. The first-order chi connectivity index (χ1) is 7.08. The average Bonchev–Trinajstić information content (AvgIpc) is 2.26. The summed E-state index contributed by atoms with van der Waals surface area (Å²) in [5.74, 6) is 0.573. The predicted octanol–water partition coefficient (Wildman–Crippen LogP) is 2.54. The monoisotopic (exact) mass is 230 g/mol. The second kappa shape index (κ2) is 5.39. The van der Waals surface area contributed by atoms with Gasteiger partial charge in [0.25, 0.3) is 0 Å². The van der Waals surface area contributed by atoms with Crippen LogP contribution < -0.4 is 0 Å². The molecule has 0 saturated heterocycles. The quantitative estimate of drug-likeness (QED) is 0.746. The lowest BCUT2D eigenvalue weighted by molar-refractivity contribution is 0.104. The van der Waals surface area contributed by atoms with Crippen LogP contribution in [0.1, 0.15) is 37.6 Å². The van der Waals surface area contributed by atoms with Gasteiger partial charge in [-0.25, -0.2) is 9.97 Å². The van der Waals surface area contributed by atoms with Crippen molar-refractivity contribution in [2.45, 2.75) is 26.1 Å². The molecule has 0 aromatic carbocycles. The normalized spacial score (nSPS) is 15.0. The van der Waals surface area contributed by atoms with Gasteiger partial charge in [0.05, 0.1) is 11.8 Å². The van der Waals surface area contributed by atoms with Gasteiger partial charge in [0, 0.05) is 14.2 Å². The molecule has 2 atom stereocenters. The molecule has 5 heteroatoms. The highest BCUT2D eigenvalue weighted by atomic mass is 35.5. The van der Waals surface area contributed by atoms with E-state index in [9.17, 15) is 0 Å². The molecule has 15 heavy (non-hydrogen) atoms. The van der Waals surface area contributed by atoms with E-state index in [1.807, 2.05) is 13.8 Å². The lowest BCUT2D eigenvalue weighted by atomic mass is 10.2. The Kier molecular flexibility index (Phi) is 4.45. The lowest BCUT2D eigenvalue weighted by Crippen LogP contribution is -2.08. The van der Waals surface area contributed by atoms with E-state index in [2.05, 4.69) is 9.97 Å². The van der Waals surface area contributed by atoms with E-state index in [0.29, 0.717) is 11.0 Å². The van der Waals surface area contributed by atoms with Gasteiger partial charge >= 0.3 is 0 Å². The topological polar surface area (TPSA) is 44.2 Å². The van der Waals surface area contributed by atoms with E-state index in [1.165, 1.54) is 0 Å². The first-order valence-electron chi connectivity index (χ1n) is 4.68. The maximum absolute atomic E-state index is 5.89. The van der Waals surface area contributed by atoms with Crippen molar-refractivity contribution in [2.24, 2.45) is 0 Å². The number of nitrogens with zero attached hydrogens (tertiary/aromatic N) is 2. The first kappa shape index (κ1) is 12.4. The maximum Gasteiger partial charge on any atom is 0.158 e. The summed E-state index contributed by atoms with van der Waals surface area (Å²) in [6, 6.07) is 1.70. The number of ether oxygens (including phenoxy) is 2. The van der Waals surface area contributed by atoms with E-state index >= 15 is 0 Å². The third-order valence-electron chi connectivity index (χ3n) is 2.22. The van der Waals surface area contributed by atoms with Crippen LogP contribution in [0.25, 0.3) is 0 Å². The van der Waals surface area contributed by atoms with Gasteiger partial charge in [-0.3, -0.25) is 0 Å². The molecule has 1 heterocycles. The van der Waals surface area contributed by atoms with Gasteiger partial charge in [0.2, 0.25) is 0 Å². The van der Waals surface area contributed by atoms with Crippen LogP contribution in [0.15, 0.2) is 6.07 Å². The number of methoxy groups -OCH3 is 2. The maximum atomic E-state index is 5.89. The molecule has 1 aromatic rings. The third kappa shape index (κ3) is 3.12. The molecule has 0 radical (unpaired) electrons. The van der Waals surface area contributed by atoms with Crippen molar-refractivity contribution in [2.75, 3.05) is 14.2 Å². The zero-order valence-corrected chi connectivity index (χ0v) is 10.1. The van der Waals surface area contributed by atoms with Crippen LogP contribution in [0.2, 0.25) is 5.15 Å². The van der Waals surface area contributed by atoms with Crippen molar-refractivity contribution in [3.05, 3.63) is 22.7 Å². The van der Waals surface area contributed by atoms with Crippen LogP contribution in [0.3, 0.4) is 0 Å². The van der Waals surface area contributed by atoms with Gasteiger partial charge in [-0.2, -0.15) is 0 Å². The summed E-state index contributed by atoms with van der Waals surface area (Å²) >= 11 is 5.89. The van der Waals surface area contributed by atoms with Crippen molar-refractivity contribution < 1.29 is 9.47 Å². The molecule has 0 bridgehead atoms. The van der Waals surface area contributed by atoms with Gasteiger partial charge in [-0.05, 0) is 19.9 Å². The molecule has 0 amide bonds. The summed E-state index contributed by atoms with van der Waals surface area (Å²) < 4.78 is 10.3. The Labute approximate surface area is 94.6 Å². The summed E-state index contributed by atoms with van der Waals surface area (Å²) in [5.41, 5.74) is 0.761. The van der Waals surface area contributed by atoms with E-state index in [0.717, 1.165) is 5.69 Å². The SMILES string of the molecule is COC(C)c1cc(Cl)nc(C(C)OC)n1. The second-order valence-electron chi connectivity index (χ2n) is 3.23. The number of aromatic nitrogens is 2. The predicted molar refractivity (Wildman–Crippen MR) is 57.9 cm³/mol. The molecule has 2 unspecified atom stereocenters. The van der Waals surface area contributed by atoms with Gasteiger partial charge in [0.15, 0.2) is 5.82 Å². The molecule has 0 saturated carbocycles. The van der Waals surface area contributed by atoms with Crippen molar-refractivity contribution in [3.8, 4) is 0 Å². The minimum absolute atomic E-state index is 0.103. The fraction of sp³-hybridized carbons (Fsp3) is 0.600. The lowest BCUT2D eigenvalue weighted by Gasteiger charge is -2.13. The molecule has 0 aliphatic carbocycles. The van der Waals surface area contributed by atoms with E-state index in [1.54, 1.807) is 20.3 Å². The van der Waals surface area contributed by atoms with Crippen LogP contribution in [0.5, 0.6) is 0 Å². The highest BCUT2D eigenvalue weighted by Gasteiger charge is 2.13. The largest absolute Gasteiger partial charge is 0.375 e. The van der Waals surface area contributed by atoms with Crippen LogP contribution in [0.4, 0.5) is 0 Å². The second-order valence-corrected chi connectivity index (χ2v) is 3.62. The van der Waals surface area contributed by atoms with Gasteiger partial charge in [0.1, 0.15) is 11.3 Å². The van der Waals surface area contributed by atoms with Crippen molar-refractivity contribution in [1.82, 2.24) is 9.97 Å². The zero-order valence-electron chi connectivity index (χ0n) is 9.32. The van der Waals surface area contributed by atoms with Crippen LogP contribution >= 0.6 is 11.6 Å². The Morgan fingerprint density at radius 2 is 1.73 bits per heavy atom. The molecule has 1 aromatic heterocycles. The van der Waals surface area contributed by atoms with Crippen LogP contribution in [-0.2, 0) is 9.47 Å². The number of hydrogen-bond acceptors (Lipinski definition) is 4. The highest BCUT2D eigenvalue weighted by molar-refractivity contribution is 6.29. The minimum atomic E-state index is -0.175. The summed E-state index contributed by atoms with van der Waals surface area (Å²) in [6.07, 6.45) is -0.278. The molecular weight excluding hydrogens is 216 g/mol. The number of rotatable bonds is 4. The summed E-state index contributed by atoms with van der Waals surface area (Å²) in [7, 11) is 3.23. The minimum Gasteiger partial charge on any atom is -0.375 e. The summed E-state index contributed by atoms with van der Waals surface area (Å²) in [5, 5.41) is 0.405. The molecule has 0 aliphatic rings. The summed E-state index contributed by atoms with van der Waals surface area (Å²) in [4.78, 5) is 8.42. The van der Waals surface area contributed by atoms with Crippen molar-refractivity contribution in [1.29, 1.82) is 0 Å². The number of halogens is 1. The van der Waals surface area contributed by atoms with E-state index in [-0.39, 0.29) is 12.2 Å². The van der Waals surface area contributed by atoms with E-state index in [4.69, 9.17) is 21.1 Å². The molecular formula is C10H15ClN2O2. The Morgan fingerprint density at radius 3 is 2.27 bits per heavy atom. The first-order valence-corrected chi connectivity index (χ1v) is 5.06. The molecule has 0 fully saturated rings. The molecule has 4 nitrogen and oxygen atoms in total. The van der Waals surface area contributed by atoms with Crippen molar-refractivity contribution >= 4 is 11.6 Å². The molecule has 84 valence electrons. The zero-order chi connectivity index (χ0) is 11.4. The Bertz CT molecular complexity index is 305. The Balaban J connectivity index is 3.04. The molecule has 0 spiro atoms. The van der Waals surface area contributed by atoms with Gasteiger partial charge in [-0.1, -0.05) is 11.6 Å². The molecule has 1 rings (SSSR count). The van der Waals surface area contributed by atoms with Gasteiger partial charge in [-0.15, -0.1) is 0 Å². The highest BCUT2D eigenvalue weighted by Crippen LogP contribution is 2.20. The number of hydrogen-bond donors (Lipinski definition) is 0. The fourth-order valence-electron chi connectivity index (χ4n) is 1.07. The van der Waals surface area contributed by atoms with Gasteiger partial charge < -0.3 is 9.47 Å². The molecule has 0 N–H and O–H groups in total. The standard InChI is InChI=1S/C10H15ClN2O2/c1-6(14-3)8-5-9(11)13-10(12-8)7(2)15-4/h5-7H,1-4H3. The Morgan fingerprint density at radius 1 is 1.13 bits per heavy atom. The van der Waals surface area contributed by atoms with Crippen LogP contribution in [-0.4, -0.2) is 24.2 Å². The van der Waals surface area contributed by atoms with Crippen molar-refractivity contribution in [3.63, 3.8) is 0 Å². The molecule has 0 aliphatic heterocycles. The Hall–Kier alpha value is -0.710.